The maximum absolute atomic E-state index is 9.79. The Morgan fingerprint density at radius 3 is 2.57 bits per heavy atom. The summed E-state index contributed by atoms with van der Waals surface area (Å²) in [6.07, 6.45) is 0. The van der Waals surface area contributed by atoms with E-state index in [0.717, 1.165) is 15.6 Å². The standard InChI is InChI=1S/C10H14BrNO2/c1-5-3-7(11)6(2)9(10(5)14)8(12)4-13/h3,8,13-14H,4,12H2,1-2H3/t8-/m1/s1. The second-order valence-electron chi connectivity index (χ2n) is 3.35. The van der Waals surface area contributed by atoms with E-state index in [1.165, 1.54) is 0 Å². The molecule has 1 rings (SSSR count). The minimum Gasteiger partial charge on any atom is -0.507 e. The molecule has 0 aliphatic carbocycles. The van der Waals surface area contributed by atoms with E-state index in [0.29, 0.717) is 5.56 Å². The molecule has 0 bridgehead atoms. The van der Waals surface area contributed by atoms with Crippen molar-refractivity contribution >= 4 is 15.9 Å². The maximum Gasteiger partial charge on any atom is 0.123 e. The van der Waals surface area contributed by atoms with E-state index >= 15 is 0 Å². The number of nitrogens with two attached hydrogens (primary N) is 1. The normalized spacial score (nSPS) is 12.9. The molecule has 0 heterocycles. The summed E-state index contributed by atoms with van der Waals surface area (Å²) < 4.78 is 0.895. The third-order valence-corrected chi connectivity index (χ3v) is 3.13. The molecular weight excluding hydrogens is 246 g/mol. The Kier molecular flexibility index (Phi) is 3.53. The number of aromatic hydroxyl groups is 1. The summed E-state index contributed by atoms with van der Waals surface area (Å²) in [5.74, 6) is 0.173. The van der Waals surface area contributed by atoms with Crippen molar-refractivity contribution in [3.8, 4) is 5.75 Å². The third kappa shape index (κ3) is 1.92. The average Bonchev–Trinajstić information content (AvgIpc) is 2.15. The summed E-state index contributed by atoms with van der Waals surface area (Å²) in [7, 11) is 0. The van der Waals surface area contributed by atoms with Crippen molar-refractivity contribution in [3.63, 3.8) is 0 Å². The lowest BCUT2D eigenvalue weighted by Crippen LogP contribution is -2.16. The molecule has 1 aromatic carbocycles. The summed E-state index contributed by atoms with van der Waals surface area (Å²) in [5.41, 5.74) is 7.93. The van der Waals surface area contributed by atoms with Crippen LogP contribution in [0.4, 0.5) is 0 Å². The number of phenolic OH excluding ortho intramolecular Hbond substituents is 1. The van der Waals surface area contributed by atoms with Gasteiger partial charge in [-0.05, 0) is 31.0 Å². The molecule has 0 unspecified atom stereocenters. The van der Waals surface area contributed by atoms with Gasteiger partial charge in [0.25, 0.3) is 0 Å². The van der Waals surface area contributed by atoms with Gasteiger partial charge in [0.1, 0.15) is 5.75 Å². The van der Waals surface area contributed by atoms with Crippen molar-refractivity contribution in [3.05, 3.63) is 27.2 Å². The number of hydrogen-bond donors (Lipinski definition) is 3. The van der Waals surface area contributed by atoms with Crippen LogP contribution >= 0.6 is 15.9 Å². The molecule has 78 valence electrons. The van der Waals surface area contributed by atoms with Crippen molar-refractivity contribution < 1.29 is 10.2 Å². The van der Waals surface area contributed by atoms with Crippen LogP contribution in [-0.4, -0.2) is 16.8 Å². The molecule has 0 radical (unpaired) electrons. The van der Waals surface area contributed by atoms with Crippen molar-refractivity contribution in [2.24, 2.45) is 5.73 Å². The van der Waals surface area contributed by atoms with Crippen LogP contribution in [0.1, 0.15) is 22.7 Å². The molecule has 4 heteroatoms. The van der Waals surface area contributed by atoms with Gasteiger partial charge >= 0.3 is 0 Å². The van der Waals surface area contributed by atoms with Crippen LogP contribution in [0.15, 0.2) is 10.5 Å². The van der Waals surface area contributed by atoms with E-state index in [-0.39, 0.29) is 12.4 Å². The summed E-state index contributed by atoms with van der Waals surface area (Å²) in [4.78, 5) is 0. The molecule has 0 aromatic heterocycles. The van der Waals surface area contributed by atoms with Crippen molar-refractivity contribution in [1.29, 1.82) is 0 Å². The van der Waals surface area contributed by atoms with E-state index in [1.54, 1.807) is 6.92 Å². The summed E-state index contributed by atoms with van der Waals surface area (Å²) in [6.45, 7) is 3.48. The molecule has 0 fully saturated rings. The van der Waals surface area contributed by atoms with E-state index in [9.17, 15) is 5.11 Å². The summed E-state index contributed by atoms with van der Waals surface area (Å²) >= 11 is 3.38. The minimum absolute atomic E-state index is 0.173. The Hall–Kier alpha value is -0.580. The largest absolute Gasteiger partial charge is 0.507 e. The number of benzene rings is 1. The second-order valence-corrected chi connectivity index (χ2v) is 4.21. The number of hydrogen-bond acceptors (Lipinski definition) is 3. The fraction of sp³-hybridized carbons (Fsp3) is 0.400. The van der Waals surface area contributed by atoms with E-state index < -0.39 is 6.04 Å². The predicted octanol–water partition coefficient (Wildman–Crippen LogP) is 1.76. The molecule has 1 aromatic rings. The number of aliphatic hydroxyl groups excluding tert-OH is 1. The maximum atomic E-state index is 9.79. The average molecular weight is 260 g/mol. The SMILES string of the molecule is Cc1cc(Br)c(C)c([C@H](N)CO)c1O. The number of aliphatic hydroxyl groups is 1. The fourth-order valence-corrected chi connectivity index (χ4v) is 1.99. The van der Waals surface area contributed by atoms with Crippen LogP contribution in [-0.2, 0) is 0 Å². The first-order valence-corrected chi connectivity index (χ1v) is 5.13. The van der Waals surface area contributed by atoms with E-state index in [4.69, 9.17) is 10.8 Å². The minimum atomic E-state index is -0.536. The molecule has 4 N–H and O–H groups in total. The molecule has 0 spiro atoms. The first-order valence-electron chi connectivity index (χ1n) is 4.34. The van der Waals surface area contributed by atoms with Gasteiger partial charge < -0.3 is 15.9 Å². The first kappa shape index (κ1) is 11.5. The lowest BCUT2D eigenvalue weighted by Gasteiger charge is -2.17. The van der Waals surface area contributed by atoms with Gasteiger partial charge in [-0.1, -0.05) is 15.9 Å². The molecular formula is C10H14BrNO2. The van der Waals surface area contributed by atoms with Gasteiger partial charge in [-0.2, -0.15) is 0 Å². The number of phenols is 1. The van der Waals surface area contributed by atoms with Crippen LogP contribution < -0.4 is 5.73 Å². The highest BCUT2D eigenvalue weighted by Gasteiger charge is 2.16. The first-order chi connectivity index (χ1) is 6.49. The van der Waals surface area contributed by atoms with Crippen molar-refractivity contribution in [1.82, 2.24) is 0 Å². The second kappa shape index (κ2) is 4.29. The molecule has 0 saturated carbocycles. The van der Waals surface area contributed by atoms with Crippen LogP contribution in [0.3, 0.4) is 0 Å². The molecule has 0 aliphatic rings. The van der Waals surface area contributed by atoms with Gasteiger partial charge in [-0.25, -0.2) is 0 Å². The van der Waals surface area contributed by atoms with E-state index in [2.05, 4.69) is 15.9 Å². The van der Waals surface area contributed by atoms with Gasteiger partial charge in [-0.3, -0.25) is 0 Å². The highest BCUT2D eigenvalue weighted by molar-refractivity contribution is 9.10. The van der Waals surface area contributed by atoms with Gasteiger partial charge in [-0.15, -0.1) is 0 Å². The highest BCUT2D eigenvalue weighted by atomic mass is 79.9. The zero-order valence-electron chi connectivity index (χ0n) is 8.21. The summed E-state index contributed by atoms with van der Waals surface area (Å²) in [6, 6.07) is 1.30. The fourth-order valence-electron chi connectivity index (χ4n) is 1.43. The monoisotopic (exact) mass is 259 g/mol. The van der Waals surface area contributed by atoms with Gasteiger partial charge in [0.15, 0.2) is 0 Å². The van der Waals surface area contributed by atoms with E-state index in [1.807, 2.05) is 13.0 Å². The Morgan fingerprint density at radius 1 is 1.50 bits per heavy atom. The Labute approximate surface area is 91.7 Å². The topological polar surface area (TPSA) is 66.5 Å². The molecule has 14 heavy (non-hydrogen) atoms. The third-order valence-electron chi connectivity index (χ3n) is 2.30. The van der Waals surface area contributed by atoms with Crippen LogP contribution in [0.25, 0.3) is 0 Å². The number of rotatable bonds is 2. The van der Waals surface area contributed by atoms with Gasteiger partial charge in [0.2, 0.25) is 0 Å². The van der Waals surface area contributed by atoms with Crippen molar-refractivity contribution in [2.45, 2.75) is 19.9 Å². The lowest BCUT2D eigenvalue weighted by atomic mass is 9.98. The molecule has 1 atom stereocenters. The molecule has 0 aliphatic heterocycles. The number of aryl methyl sites for hydroxylation is 1. The molecule has 3 nitrogen and oxygen atoms in total. The van der Waals surface area contributed by atoms with Crippen LogP contribution in [0, 0.1) is 13.8 Å². The van der Waals surface area contributed by atoms with Crippen LogP contribution in [0.2, 0.25) is 0 Å². The summed E-state index contributed by atoms with van der Waals surface area (Å²) in [5, 5.41) is 18.8. The highest BCUT2D eigenvalue weighted by Crippen LogP contribution is 2.34. The van der Waals surface area contributed by atoms with Gasteiger partial charge in [0, 0.05) is 10.0 Å². The molecule has 0 amide bonds. The zero-order chi connectivity index (χ0) is 10.9. The smallest absolute Gasteiger partial charge is 0.123 e. The Bertz CT molecular complexity index is 326. The quantitative estimate of drug-likeness (QED) is 0.759. The lowest BCUT2D eigenvalue weighted by molar-refractivity contribution is 0.264. The molecule has 0 saturated heterocycles. The number of halogens is 1. The van der Waals surface area contributed by atoms with Crippen molar-refractivity contribution in [2.75, 3.05) is 6.61 Å². The Morgan fingerprint density at radius 2 is 2.07 bits per heavy atom. The van der Waals surface area contributed by atoms with Crippen LogP contribution in [0.5, 0.6) is 5.75 Å². The van der Waals surface area contributed by atoms with Gasteiger partial charge in [0.05, 0.1) is 12.6 Å². The predicted molar refractivity (Wildman–Crippen MR) is 59.3 cm³/mol. The Balaban J connectivity index is 3.39. The zero-order valence-corrected chi connectivity index (χ0v) is 9.80.